The molecule has 9 heteroatoms. The zero-order valence-electron chi connectivity index (χ0n) is 9.37. The van der Waals surface area contributed by atoms with E-state index in [2.05, 4.69) is 26.2 Å². The number of aromatic nitrogens is 3. The van der Waals surface area contributed by atoms with E-state index in [-0.39, 0.29) is 15.7 Å². The molecule has 1 saturated heterocycles. The molecule has 1 aliphatic rings. The summed E-state index contributed by atoms with van der Waals surface area (Å²) in [4.78, 5) is 0. The lowest BCUT2D eigenvalue weighted by molar-refractivity contribution is 0.314. The number of hydrogen-bond acceptors (Lipinski definition) is 5. The van der Waals surface area contributed by atoms with E-state index < -0.39 is 10.0 Å². The van der Waals surface area contributed by atoms with Crippen LogP contribution in [0.5, 0.6) is 0 Å². The second kappa shape index (κ2) is 4.63. The Balaban J connectivity index is 2.36. The van der Waals surface area contributed by atoms with Gasteiger partial charge in [0, 0.05) is 26.2 Å². The van der Waals surface area contributed by atoms with E-state index in [1.54, 1.807) is 7.05 Å². The highest BCUT2D eigenvalue weighted by molar-refractivity contribution is 9.10. The van der Waals surface area contributed by atoms with E-state index in [0.29, 0.717) is 13.1 Å². The minimum Gasteiger partial charge on any atom is -0.327 e. The molecule has 2 rings (SSSR count). The van der Waals surface area contributed by atoms with E-state index in [1.165, 1.54) is 8.99 Å². The summed E-state index contributed by atoms with van der Waals surface area (Å²) < 4.78 is 27.6. The highest BCUT2D eigenvalue weighted by atomic mass is 79.9. The van der Waals surface area contributed by atoms with Crippen molar-refractivity contribution in [3.63, 3.8) is 0 Å². The Morgan fingerprint density at radius 3 is 2.76 bits per heavy atom. The molecule has 1 unspecified atom stereocenters. The molecule has 1 aliphatic heterocycles. The van der Waals surface area contributed by atoms with Gasteiger partial charge in [0.2, 0.25) is 5.03 Å². The van der Waals surface area contributed by atoms with Crippen molar-refractivity contribution in [2.24, 2.45) is 12.8 Å². The van der Waals surface area contributed by atoms with Gasteiger partial charge < -0.3 is 5.73 Å². The molecule has 2 N–H and O–H groups in total. The highest BCUT2D eigenvalue weighted by Gasteiger charge is 2.33. The molecule has 0 aliphatic carbocycles. The first kappa shape index (κ1) is 12.9. The topological polar surface area (TPSA) is 94.1 Å². The third-order valence-electron chi connectivity index (χ3n) is 2.74. The molecule has 1 aromatic rings. The van der Waals surface area contributed by atoms with Crippen molar-refractivity contribution in [1.29, 1.82) is 0 Å². The summed E-state index contributed by atoms with van der Waals surface area (Å²) in [5.74, 6) is 0. The van der Waals surface area contributed by atoms with Gasteiger partial charge in [-0.2, -0.15) is 4.31 Å². The number of halogens is 1. The summed E-state index contributed by atoms with van der Waals surface area (Å²) in [6.07, 6.45) is 1.64. The van der Waals surface area contributed by atoms with Crippen LogP contribution in [0, 0.1) is 0 Å². The van der Waals surface area contributed by atoms with E-state index in [0.717, 1.165) is 12.8 Å². The van der Waals surface area contributed by atoms with Crippen LogP contribution in [0.15, 0.2) is 9.63 Å². The van der Waals surface area contributed by atoms with Crippen molar-refractivity contribution in [2.75, 3.05) is 13.1 Å². The normalized spacial score (nSPS) is 22.9. The fourth-order valence-corrected chi connectivity index (χ4v) is 4.48. The van der Waals surface area contributed by atoms with Crippen LogP contribution < -0.4 is 5.73 Å². The van der Waals surface area contributed by atoms with Crippen molar-refractivity contribution in [3.05, 3.63) is 4.60 Å². The van der Waals surface area contributed by atoms with Crippen LogP contribution in [-0.2, 0) is 17.1 Å². The summed E-state index contributed by atoms with van der Waals surface area (Å²) in [6.45, 7) is 0.841. The molecule has 0 aromatic carbocycles. The van der Waals surface area contributed by atoms with E-state index >= 15 is 0 Å². The summed E-state index contributed by atoms with van der Waals surface area (Å²) in [7, 11) is -2.02. The molecular weight excluding hydrogens is 310 g/mol. The Kier molecular flexibility index (Phi) is 3.53. The molecule has 96 valence electrons. The van der Waals surface area contributed by atoms with Crippen molar-refractivity contribution in [3.8, 4) is 0 Å². The van der Waals surface area contributed by atoms with Crippen LogP contribution in [0.25, 0.3) is 0 Å². The average molecular weight is 324 g/mol. The zero-order valence-corrected chi connectivity index (χ0v) is 11.8. The molecule has 1 atom stereocenters. The Bertz CT molecular complexity index is 494. The van der Waals surface area contributed by atoms with Gasteiger partial charge in [0.15, 0.2) is 4.60 Å². The molecule has 2 heterocycles. The van der Waals surface area contributed by atoms with Crippen molar-refractivity contribution in [1.82, 2.24) is 19.3 Å². The Hall–Kier alpha value is -0.510. The fraction of sp³-hybridized carbons (Fsp3) is 0.750. The molecule has 1 fully saturated rings. The molecule has 0 saturated carbocycles. The molecule has 0 amide bonds. The number of sulfonamides is 1. The monoisotopic (exact) mass is 323 g/mol. The number of hydrogen-bond donors (Lipinski definition) is 1. The lowest BCUT2D eigenvalue weighted by Gasteiger charge is -2.29. The van der Waals surface area contributed by atoms with Crippen LogP contribution in [0.2, 0.25) is 0 Å². The summed E-state index contributed by atoms with van der Waals surface area (Å²) in [6, 6.07) is -0.0986. The van der Waals surface area contributed by atoms with Gasteiger partial charge in [0.25, 0.3) is 10.0 Å². The maximum atomic E-state index is 12.4. The van der Waals surface area contributed by atoms with Gasteiger partial charge in [0.05, 0.1) is 0 Å². The molecule has 0 spiro atoms. The summed E-state index contributed by atoms with van der Waals surface area (Å²) in [5, 5.41) is 7.44. The van der Waals surface area contributed by atoms with Crippen LogP contribution in [0.4, 0.5) is 0 Å². The second-order valence-corrected chi connectivity index (χ2v) is 6.68. The predicted octanol–water partition coefficient (Wildman–Crippen LogP) is -0.311. The Labute approximate surface area is 108 Å². The van der Waals surface area contributed by atoms with Crippen LogP contribution in [0.1, 0.15) is 12.8 Å². The Morgan fingerprint density at radius 1 is 1.53 bits per heavy atom. The minimum absolute atomic E-state index is 0.0756. The van der Waals surface area contributed by atoms with Crippen LogP contribution in [-0.4, -0.2) is 46.8 Å². The number of nitrogens with two attached hydrogens (primary N) is 1. The SMILES string of the molecule is Cn1nnc(Br)c1S(=O)(=O)N1CCCC(N)C1. The predicted molar refractivity (Wildman–Crippen MR) is 64.7 cm³/mol. The van der Waals surface area contributed by atoms with Gasteiger partial charge >= 0.3 is 0 Å². The van der Waals surface area contributed by atoms with Gasteiger partial charge in [-0.05, 0) is 28.8 Å². The van der Waals surface area contributed by atoms with Crippen molar-refractivity contribution in [2.45, 2.75) is 23.9 Å². The van der Waals surface area contributed by atoms with E-state index in [9.17, 15) is 8.42 Å². The first-order chi connectivity index (χ1) is 7.93. The standard InChI is InChI=1S/C8H14BrN5O2S/c1-13-8(7(9)11-12-13)17(15,16)14-4-2-3-6(10)5-14/h6H,2-5,10H2,1H3. The third kappa shape index (κ3) is 2.37. The van der Waals surface area contributed by atoms with E-state index in [1.807, 2.05) is 0 Å². The quantitative estimate of drug-likeness (QED) is 0.805. The van der Waals surface area contributed by atoms with Crippen LogP contribution in [0.3, 0.4) is 0 Å². The highest BCUT2D eigenvalue weighted by Crippen LogP contribution is 2.24. The number of rotatable bonds is 2. The number of aryl methyl sites for hydroxylation is 1. The number of nitrogens with zero attached hydrogens (tertiary/aromatic N) is 4. The smallest absolute Gasteiger partial charge is 0.263 e. The number of piperidine rings is 1. The molecule has 7 nitrogen and oxygen atoms in total. The van der Waals surface area contributed by atoms with Gasteiger partial charge in [-0.1, -0.05) is 5.21 Å². The van der Waals surface area contributed by atoms with E-state index in [4.69, 9.17) is 5.73 Å². The zero-order chi connectivity index (χ0) is 12.6. The molecular formula is C8H14BrN5O2S. The van der Waals surface area contributed by atoms with Gasteiger partial charge in [-0.3, -0.25) is 0 Å². The van der Waals surface area contributed by atoms with Gasteiger partial charge in [-0.25, -0.2) is 13.1 Å². The average Bonchev–Trinajstić information content (AvgIpc) is 2.59. The minimum atomic E-state index is -3.57. The summed E-state index contributed by atoms with van der Waals surface area (Å²) in [5.41, 5.74) is 5.80. The lowest BCUT2D eigenvalue weighted by atomic mass is 10.1. The Morgan fingerprint density at radius 2 is 2.24 bits per heavy atom. The molecule has 17 heavy (non-hydrogen) atoms. The molecule has 1 aromatic heterocycles. The van der Waals surface area contributed by atoms with Crippen molar-refractivity contribution >= 4 is 26.0 Å². The second-order valence-electron chi connectivity index (χ2n) is 4.07. The molecule has 0 bridgehead atoms. The van der Waals surface area contributed by atoms with Crippen molar-refractivity contribution < 1.29 is 8.42 Å². The first-order valence-corrected chi connectivity index (χ1v) is 7.47. The first-order valence-electron chi connectivity index (χ1n) is 5.24. The largest absolute Gasteiger partial charge is 0.327 e. The fourth-order valence-electron chi connectivity index (χ4n) is 1.91. The maximum Gasteiger partial charge on any atom is 0.263 e. The van der Waals surface area contributed by atoms with Crippen LogP contribution >= 0.6 is 15.9 Å². The lowest BCUT2D eigenvalue weighted by Crippen LogP contribution is -2.46. The molecule has 0 radical (unpaired) electrons. The summed E-state index contributed by atoms with van der Waals surface area (Å²) >= 11 is 3.10. The van der Waals surface area contributed by atoms with Gasteiger partial charge in [0.1, 0.15) is 0 Å². The van der Waals surface area contributed by atoms with Gasteiger partial charge in [-0.15, -0.1) is 5.10 Å². The maximum absolute atomic E-state index is 12.4. The third-order valence-corrected chi connectivity index (χ3v) is 5.50.